The van der Waals surface area contributed by atoms with Crippen LogP contribution in [0, 0.1) is 0 Å². The predicted octanol–water partition coefficient (Wildman–Crippen LogP) is 3.58. The number of hydrogen-bond donors (Lipinski definition) is 3. The van der Waals surface area contributed by atoms with E-state index in [9.17, 15) is 4.79 Å². The van der Waals surface area contributed by atoms with Crippen LogP contribution >= 0.6 is 24.0 Å². The molecule has 2 heterocycles. The number of hydrogen-bond acceptors (Lipinski definition) is 5. The summed E-state index contributed by atoms with van der Waals surface area (Å²) in [6, 6.07) is 0.219. The molecule has 184 valence electrons. The molecule has 9 nitrogen and oxygen atoms in total. The summed E-state index contributed by atoms with van der Waals surface area (Å²) in [6.45, 7) is 15.3. The van der Waals surface area contributed by atoms with Crippen LogP contribution < -0.4 is 16.0 Å². The second-order valence-corrected chi connectivity index (χ2v) is 9.64. The number of ether oxygens (including phenoxy) is 1. The quantitative estimate of drug-likeness (QED) is 0.266. The Kier molecular flexibility index (Phi) is 10.7. The highest BCUT2D eigenvalue weighted by Crippen LogP contribution is 2.18. The van der Waals surface area contributed by atoms with Crippen LogP contribution in [0.3, 0.4) is 0 Å². The topological polar surface area (TPSA) is 105 Å². The van der Waals surface area contributed by atoms with E-state index in [1.165, 1.54) is 0 Å². The first-order valence-corrected chi connectivity index (χ1v) is 11.4. The largest absolute Gasteiger partial charge is 0.444 e. The summed E-state index contributed by atoms with van der Waals surface area (Å²) in [7, 11) is 1.76. The number of carbonyl (C=O) groups excluding carboxylic acids is 1. The van der Waals surface area contributed by atoms with Gasteiger partial charge in [0.25, 0.3) is 0 Å². The van der Waals surface area contributed by atoms with Crippen molar-refractivity contribution in [2.24, 2.45) is 4.99 Å². The standard InChI is InChI=1S/C22H41N7O2.HI/c1-9-22(10-2,27-20(30)31-21(5,6)7)14-24-19(23-8)25-16-11-12-17-26-18(15(3)4)28-29(17)13-16;/h15-16H,9-14H2,1-8H3,(H,27,30)(H2,23,24,25);1H. The molecule has 0 bridgehead atoms. The number of fused-ring (bicyclic) bond motifs is 1. The Morgan fingerprint density at radius 3 is 2.47 bits per heavy atom. The Morgan fingerprint density at radius 1 is 1.28 bits per heavy atom. The van der Waals surface area contributed by atoms with Crippen molar-refractivity contribution in [1.29, 1.82) is 0 Å². The summed E-state index contributed by atoms with van der Waals surface area (Å²) in [5.74, 6) is 3.01. The molecule has 1 aliphatic rings. The molecule has 0 fully saturated rings. The third-order valence-electron chi connectivity index (χ3n) is 5.67. The fourth-order valence-electron chi connectivity index (χ4n) is 3.57. The van der Waals surface area contributed by atoms with Gasteiger partial charge < -0.3 is 20.7 Å². The third kappa shape index (κ3) is 8.08. The van der Waals surface area contributed by atoms with Crippen molar-refractivity contribution in [1.82, 2.24) is 30.7 Å². The molecule has 10 heteroatoms. The highest BCUT2D eigenvalue weighted by Gasteiger charge is 2.31. The first-order valence-electron chi connectivity index (χ1n) is 11.4. The van der Waals surface area contributed by atoms with E-state index in [1.54, 1.807) is 7.05 Å². The summed E-state index contributed by atoms with van der Waals surface area (Å²) in [6.07, 6.45) is 3.02. The monoisotopic (exact) mass is 563 g/mol. The first kappa shape index (κ1) is 28.4. The van der Waals surface area contributed by atoms with Crippen LogP contribution in [0.25, 0.3) is 0 Å². The SMILES string of the molecule is CCC(CC)(CNC(=NC)NC1CCc2nc(C(C)C)nn2C1)NC(=O)OC(C)(C)C.I. The van der Waals surface area contributed by atoms with Gasteiger partial charge in [-0.25, -0.2) is 14.5 Å². The number of amides is 1. The van der Waals surface area contributed by atoms with Gasteiger partial charge in [-0.3, -0.25) is 4.99 Å². The van der Waals surface area contributed by atoms with E-state index in [0.717, 1.165) is 49.8 Å². The molecule has 0 aromatic carbocycles. The van der Waals surface area contributed by atoms with Gasteiger partial charge in [-0.1, -0.05) is 27.7 Å². The summed E-state index contributed by atoms with van der Waals surface area (Å²) in [5, 5.41) is 14.6. The molecule has 32 heavy (non-hydrogen) atoms. The predicted molar refractivity (Wildman–Crippen MR) is 139 cm³/mol. The molecule has 0 saturated carbocycles. The van der Waals surface area contributed by atoms with E-state index in [2.05, 4.69) is 58.7 Å². The molecule has 1 atom stereocenters. The lowest BCUT2D eigenvalue weighted by Crippen LogP contribution is -2.58. The van der Waals surface area contributed by atoms with Gasteiger partial charge in [0.2, 0.25) is 0 Å². The van der Waals surface area contributed by atoms with E-state index < -0.39 is 17.2 Å². The lowest BCUT2D eigenvalue weighted by atomic mass is 9.93. The van der Waals surface area contributed by atoms with E-state index in [0.29, 0.717) is 12.5 Å². The molecular formula is C22H42IN7O2. The Labute approximate surface area is 210 Å². The number of carbonyl (C=O) groups is 1. The molecule has 1 unspecified atom stereocenters. The molecule has 0 aliphatic carbocycles. The van der Waals surface area contributed by atoms with Gasteiger partial charge in [-0.05, 0) is 40.0 Å². The fraction of sp³-hybridized carbons (Fsp3) is 0.818. The number of nitrogens with zero attached hydrogens (tertiary/aromatic N) is 4. The van der Waals surface area contributed by atoms with Crippen LogP contribution in [0.4, 0.5) is 4.79 Å². The van der Waals surface area contributed by atoms with Crippen molar-refractivity contribution in [2.75, 3.05) is 13.6 Å². The lowest BCUT2D eigenvalue weighted by molar-refractivity contribution is 0.0448. The van der Waals surface area contributed by atoms with Gasteiger partial charge in [-0.15, -0.1) is 24.0 Å². The van der Waals surface area contributed by atoms with Crippen molar-refractivity contribution >= 4 is 36.0 Å². The van der Waals surface area contributed by atoms with Crippen molar-refractivity contribution in [3.8, 4) is 0 Å². The number of aliphatic imine (C=N–C) groups is 1. The van der Waals surface area contributed by atoms with E-state index in [4.69, 9.17) is 4.74 Å². The van der Waals surface area contributed by atoms with Gasteiger partial charge in [0.1, 0.15) is 11.4 Å². The van der Waals surface area contributed by atoms with E-state index in [1.807, 2.05) is 25.5 Å². The molecule has 0 saturated heterocycles. The molecular weight excluding hydrogens is 521 g/mol. The molecule has 3 N–H and O–H groups in total. The van der Waals surface area contributed by atoms with Gasteiger partial charge in [-0.2, -0.15) is 5.10 Å². The number of aromatic nitrogens is 3. The maximum absolute atomic E-state index is 12.4. The van der Waals surface area contributed by atoms with Crippen molar-refractivity contribution in [3.05, 3.63) is 11.6 Å². The lowest BCUT2D eigenvalue weighted by Gasteiger charge is -2.35. The van der Waals surface area contributed by atoms with Crippen LogP contribution in [-0.4, -0.2) is 57.6 Å². The van der Waals surface area contributed by atoms with Crippen LogP contribution in [-0.2, 0) is 17.7 Å². The average Bonchev–Trinajstić information content (AvgIpc) is 3.12. The molecule has 1 amide bonds. The summed E-state index contributed by atoms with van der Waals surface area (Å²) >= 11 is 0. The van der Waals surface area contributed by atoms with Crippen molar-refractivity contribution < 1.29 is 9.53 Å². The number of rotatable bonds is 7. The summed E-state index contributed by atoms with van der Waals surface area (Å²) < 4.78 is 7.47. The average molecular weight is 564 g/mol. The zero-order valence-electron chi connectivity index (χ0n) is 20.9. The van der Waals surface area contributed by atoms with Gasteiger partial charge in [0.05, 0.1) is 12.1 Å². The zero-order valence-corrected chi connectivity index (χ0v) is 23.2. The smallest absolute Gasteiger partial charge is 0.408 e. The highest BCUT2D eigenvalue weighted by atomic mass is 127. The van der Waals surface area contributed by atoms with Crippen LogP contribution in [0.2, 0.25) is 0 Å². The second-order valence-electron chi connectivity index (χ2n) is 9.64. The molecule has 1 aromatic rings. The summed E-state index contributed by atoms with van der Waals surface area (Å²) in [5.41, 5.74) is -0.948. The highest BCUT2D eigenvalue weighted by molar-refractivity contribution is 14.0. The molecule has 1 aliphatic heterocycles. The Morgan fingerprint density at radius 2 is 1.94 bits per heavy atom. The maximum Gasteiger partial charge on any atom is 0.408 e. The van der Waals surface area contributed by atoms with Crippen LogP contribution in [0.1, 0.15) is 85.3 Å². The Bertz CT molecular complexity index is 767. The van der Waals surface area contributed by atoms with Crippen LogP contribution in [0.15, 0.2) is 4.99 Å². The second kappa shape index (κ2) is 12.0. The summed E-state index contributed by atoms with van der Waals surface area (Å²) in [4.78, 5) is 21.4. The number of guanidine groups is 1. The zero-order chi connectivity index (χ0) is 23.2. The number of nitrogens with one attached hydrogen (secondary N) is 3. The minimum Gasteiger partial charge on any atom is -0.444 e. The Balaban J connectivity index is 0.00000512. The number of alkyl carbamates (subject to hydrolysis) is 1. The maximum atomic E-state index is 12.4. The molecule has 2 rings (SSSR count). The third-order valence-corrected chi connectivity index (χ3v) is 5.67. The van der Waals surface area contributed by atoms with Crippen molar-refractivity contribution in [2.45, 2.75) is 104 Å². The van der Waals surface area contributed by atoms with Crippen molar-refractivity contribution in [3.63, 3.8) is 0 Å². The molecule has 0 spiro atoms. The Hall–Kier alpha value is -1.59. The van der Waals surface area contributed by atoms with Gasteiger partial charge in [0, 0.05) is 32.0 Å². The van der Waals surface area contributed by atoms with E-state index >= 15 is 0 Å². The van der Waals surface area contributed by atoms with Crippen LogP contribution in [0.5, 0.6) is 0 Å². The minimum absolute atomic E-state index is 0. The molecule has 1 aromatic heterocycles. The number of halogens is 1. The molecule has 0 radical (unpaired) electrons. The van der Waals surface area contributed by atoms with Gasteiger partial charge >= 0.3 is 6.09 Å². The van der Waals surface area contributed by atoms with E-state index in [-0.39, 0.29) is 30.0 Å². The first-order chi connectivity index (χ1) is 14.5. The fourth-order valence-corrected chi connectivity index (χ4v) is 3.57. The minimum atomic E-state index is -0.529. The number of aryl methyl sites for hydroxylation is 1. The normalized spacial score (nSPS) is 16.8. The van der Waals surface area contributed by atoms with Gasteiger partial charge in [0.15, 0.2) is 11.8 Å².